The van der Waals surface area contributed by atoms with Crippen LogP contribution in [0.15, 0.2) is 43.0 Å². The highest BCUT2D eigenvalue weighted by Crippen LogP contribution is 2.48. The summed E-state index contributed by atoms with van der Waals surface area (Å²) in [6.45, 7) is 2.99. The van der Waals surface area contributed by atoms with Crippen LogP contribution in [0.4, 0.5) is 10.6 Å². The third-order valence-corrected chi connectivity index (χ3v) is 9.36. The van der Waals surface area contributed by atoms with Crippen LogP contribution in [0.25, 0.3) is 11.2 Å². The summed E-state index contributed by atoms with van der Waals surface area (Å²) in [6, 6.07) is 7.19. The first-order chi connectivity index (χ1) is 21.6. The molecule has 2 aliphatic rings. The Morgan fingerprint density at radius 3 is 2.51 bits per heavy atom. The lowest BCUT2D eigenvalue weighted by Crippen LogP contribution is -2.41. The summed E-state index contributed by atoms with van der Waals surface area (Å²) in [5, 5.41) is 27.1. The molecule has 1 aliphatic heterocycles. The molecule has 45 heavy (non-hydrogen) atoms. The number of anilines is 1. The number of para-hydroxylation sites is 1. The summed E-state index contributed by atoms with van der Waals surface area (Å²) in [5.41, 5.74) is 0.368. The highest BCUT2D eigenvalue weighted by molar-refractivity contribution is 7.52. The average Bonchev–Trinajstić information content (AvgIpc) is 3.58. The molecule has 2 aromatic heterocycles. The molecule has 4 N–H and O–H groups in total. The zero-order valence-electron chi connectivity index (χ0n) is 25.0. The standard InChI is InChI=1S/C28H37N6O10P/c1-16(27(37)41-18-10-6-4-7-11-18)33-45(39,44-19-12-8-5-9-13-19)43-17(2)23-21(35)22(36)26(42-23)34-15-31-20-24(32-28(38)40-3)29-14-30-25(20)34/h5,8-9,12-18,21-23,26,35-36H,4,6-7,10-11H2,1-3H3,(H,33,39)(H,29,30,32,38)/t16?,17?,21-,22+,23+,26+,45?/m0/s1. The van der Waals surface area contributed by atoms with Crippen molar-refractivity contribution in [2.75, 3.05) is 12.4 Å². The Labute approximate surface area is 259 Å². The Kier molecular flexibility index (Phi) is 10.3. The second kappa shape index (κ2) is 14.2. The number of rotatable bonds is 11. The lowest BCUT2D eigenvalue weighted by molar-refractivity contribution is -0.152. The molecule has 0 bridgehead atoms. The van der Waals surface area contributed by atoms with Crippen LogP contribution in [0.5, 0.6) is 5.75 Å². The fourth-order valence-electron chi connectivity index (χ4n) is 5.30. The molecule has 1 aliphatic carbocycles. The molecule has 1 aromatic carbocycles. The van der Waals surface area contributed by atoms with Gasteiger partial charge in [-0.1, -0.05) is 24.6 Å². The number of aromatic nitrogens is 4. The third-order valence-electron chi connectivity index (χ3n) is 7.59. The highest BCUT2D eigenvalue weighted by Gasteiger charge is 2.49. The zero-order valence-corrected chi connectivity index (χ0v) is 25.9. The number of benzene rings is 1. The average molecular weight is 649 g/mol. The van der Waals surface area contributed by atoms with Gasteiger partial charge in [-0.2, -0.15) is 5.09 Å². The number of hydrogen-bond donors (Lipinski definition) is 4. The Hall–Kier alpha value is -3.66. The van der Waals surface area contributed by atoms with Gasteiger partial charge in [0.05, 0.1) is 19.5 Å². The van der Waals surface area contributed by atoms with E-state index in [0.717, 1.165) is 32.1 Å². The van der Waals surface area contributed by atoms with Gasteiger partial charge in [-0.3, -0.25) is 19.2 Å². The number of hydrogen-bond acceptors (Lipinski definition) is 13. The number of imidazole rings is 1. The second-order valence-corrected chi connectivity index (χ2v) is 12.5. The van der Waals surface area contributed by atoms with Gasteiger partial charge in [-0.15, -0.1) is 0 Å². The Morgan fingerprint density at radius 2 is 1.80 bits per heavy atom. The molecule has 17 heteroatoms. The van der Waals surface area contributed by atoms with Crippen LogP contribution in [0.3, 0.4) is 0 Å². The summed E-state index contributed by atoms with van der Waals surface area (Å²) < 4.78 is 43.4. The van der Waals surface area contributed by atoms with Gasteiger partial charge in [-0.05, 0) is 51.7 Å². The van der Waals surface area contributed by atoms with Crippen molar-refractivity contribution in [3.05, 3.63) is 43.0 Å². The number of fused-ring (bicyclic) bond motifs is 1. The van der Waals surface area contributed by atoms with Crippen molar-refractivity contribution in [2.45, 2.75) is 88.7 Å². The number of amides is 1. The van der Waals surface area contributed by atoms with Crippen molar-refractivity contribution >= 4 is 36.8 Å². The molecular formula is C28H37N6O10P. The van der Waals surface area contributed by atoms with Gasteiger partial charge in [0.25, 0.3) is 0 Å². The van der Waals surface area contributed by atoms with Gasteiger partial charge < -0.3 is 28.9 Å². The van der Waals surface area contributed by atoms with Crippen molar-refractivity contribution in [3.8, 4) is 5.75 Å². The molecule has 3 unspecified atom stereocenters. The van der Waals surface area contributed by atoms with Crippen LogP contribution in [0, 0.1) is 0 Å². The van der Waals surface area contributed by atoms with Gasteiger partial charge in [0.15, 0.2) is 23.2 Å². The van der Waals surface area contributed by atoms with Crippen molar-refractivity contribution in [1.29, 1.82) is 0 Å². The third kappa shape index (κ3) is 7.60. The number of carbonyl (C=O) groups is 2. The number of aliphatic hydroxyl groups excluding tert-OH is 2. The molecule has 244 valence electrons. The van der Waals surface area contributed by atoms with E-state index < -0.39 is 56.5 Å². The molecule has 3 heterocycles. The van der Waals surface area contributed by atoms with Crippen LogP contribution in [0.2, 0.25) is 0 Å². The van der Waals surface area contributed by atoms with Crippen molar-refractivity contribution in [3.63, 3.8) is 0 Å². The van der Waals surface area contributed by atoms with Crippen LogP contribution in [-0.2, 0) is 28.1 Å². The lowest BCUT2D eigenvalue weighted by Gasteiger charge is -2.29. The van der Waals surface area contributed by atoms with E-state index in [4.69, 9.17) is 18.5 Å². The minimum Gasteiger partial charge on any atom is -0.461 e. The number of esters is 1. The number of nitrogens with one attached hydrogen (secondary N) is 2. The quantitative estimate of drug-likeness (QED) is 0.174. The highest BCUT2D eigenvalue weighted by atomic mass is 31.2. The molecule has 1 saturated heterocycles. The maximum Gasteiger partial charge on any atom is 0.459 e. The summed E-state index contributed by atoms with van der Waals surface area (Å²) in [7, 11) is -3.12. The maximum absolute atomic E-state index is 14.1. The van der Waals surface area contributed by atoms with Gasteiger partial charge >= 0.3 is 19.8 Å². The predicted octanol–water partition coefficient (Wildman–Crippen LogP) is 3.07. The van der Waals surface area contributed by atoms with E-state index in [2.05, 4.69) is 30.1 Å². The van der Waals surface area contributed by atoms with E-state index in [1.54, 1.807) is 30.3 Å². The minimum atomic E-state index is -4.32. The summed E-state index contributed by atoms with van der Waals surface area (Å²) in [6.07, 6.45) is -0.453. The van der Waals surface area contributed by atoms with Crippen LogP contribution < -0.4 is 14.9 Å². The van der Waals surface area contributed by atoms with Crippen LogP contribution in [-0.4, -0.2) is 85.5 Å². The molecule has 0 spiro atoms. The molecule has 16 nitrogen and oxygen atoms in total. The molecular weight excluding hydrogens is 611 g/mol. The van der Waals surface area contributed by atoms with E-state index in [1.807, 2.05) is 0 Å². The molecule has 3 aromatic rings. The normalized spacial score (nSPS) is 24.8. The molecule has 7 atom stereocenters. The minimum absolute atomic E-state index is 0.0630. The summed E-state index contributed by atoms with van der Waals surface area (Å²) in [5.74, 6) is -0.328. The monoisotopic (exact) mass is 648 g/mol. The van der Waals surface area contributed by atoms with Crippen molar-refractivity contribution in [2.24, 2.45) is 0 Å². The maximum atomic E-state index is 14.1. The first kappa shape index (κ1) is 32.7. The van der Waals surface area contributed by atoms with E-state index in [1.165, 1.54) is 38.2 Å². The lowest BCUT2D eigenvalue weighted by atomic mass is 9.98. The Morgan fingerprint density at radius 1 is 1.07 bits per heavy atom. The SMILES string of the molecule is COC(=O)Nc1ncnc2c1ncn2[C@@H]1O[C@H](C(C)OP(=O)(NC(C)C(=O)OC2CCCCC2)Oc2ccccc2)[C@@H](O)[C@H]1O. The Bertz CT molecular complexity index is 1520. The topological polar surface area (TPSA) is 205 Å². The molecule has 5 rings (SSSR count). The number of aliphatic hydroxyl groups is 2. The Balaban J connectivity index is 1.33. The molecule has 0 radical (unpaired) electrons. The van der Waals surface area contributed by atoms with Crippen LogP contribution in [0.1, 0.15) is 52.2 Å². The van der Waals surface area contributed by atoms with Gasteiger partial charge in [0, 0.05) is 0 Å². The van der Waals surface area contributed by atoms with E-state index in [9.17, 15) is 24.4 Å². The second-order valence-electron chi connectivity index (χ2n) is 10.9. The predicted molar refractivity (Wildman–Crippen MR) is 158 cm³/mol. The first-order valence-electron chi connectivity index (χ1n) is 14.6. The van der Waals surface area contributed by atoms with Crippen molar-refractivity contribution < 1.29 is 47.6 Å². The van der Waals surface area contributed by atoms with Crippen LogP contribution >= 0.6 is 7.75 Å². The number of carbonyl (C=O) groups excluding carboxylic acids is 2. The zero-order chi connectivity index (χ0) is 32.1. The van der Waals surface area contributed by atoms with Gasteiger partial charge in [0.1, 0.15) is 42.5 Å². The van der Waals surface area contributed by atoms with E-state index in [0.29, 0.717) is 0 Å². The number of methoxy groups -OCH3 is 1. The smallest absolute Gasteiger partial charge is 0.459 e. The number of nitrogens with zero attached hydrogens (tertiary/aromatic N) is 4. The molecule has 1 saturated carbocycles. The fraction of sp³-hybridized carbons (Fsp3) is 0.536. The van der Waals surface area contributed by atoms with Crippen molar-refractivity contribution in [1.82, 2.24) is 24.6 Å². The number of ether oxygens (including phenoxy) is 3. The fourth-order valence-corrected chi connectivity index (χ4v) is 6.99. The summed E-state index contributed by atoms with van der Waals surface area (Å²) >= 11 is 0. The first-order valence-corrected chi connectivity index (χ1v) is 16.2. The largest absolute Gasteiger partial charge is 0.461 e. The van der Waals surface area contributed by atoms with Gasteiger partial charge in [-0.25, -0.2) is 24.3 Å². The summed E-state index contributed by atoms with van der Waals surface area (Å²) in [4.78, 5) is 37.0. The van der Waals surface area contributed by atoms with E-state index in [-0.39, 0.29) is 28.8 Å². The molecule has 2 fully saturated rings. The molecule has 1 amide bonds. The van der Waals surface area contributed by atoms with Gasteiger partial charge in [0.2, 0.25) is 0 Å². The van der Waals surface area contributed by atoms with E-state index >= 15 is 0 Å².